The highest BCUT2D eigenvalue weighted by Crippen LogP contribution is 2.20. The second-order valence-electron chi connectivity index (χ2n) is 5.49. The molecule has 4 heteroatoms. The Morgan fingerprint density at radius 3 is 2.74 bits per heavy atom. The number of carbonyl (C=O) groups is 1. The fraction of sp³-hybridized carbons (Fsp3) is 0.600. The molecule has 1 aromatic rings. The van der Waals surface area contributed by atoms with E-state index in [1.54, 1.807) is 6.07 Å². The van der Waals surface area contributed by atoms with Crippen LogP contribution in [0.4, 0.5) is 0 Å². The molecule has 4 nitrogen and oxygen atoms in total. The highest BCUT2D eigenvalue weighted by Gasteiger charge is 2.18. The molecule has 0 unspecified atom stereocenters. The molecule has 0 saturated carbocycles. The van der Waals surface area contributed by atoms with Crippen LogP contribution in [-0.2, 0) is 0 Å². The molecule has 0 aromatic carbocycles. The van der Waals surface area contributed by atoms with E-state index < -0.39 is 0 Å². The minimum Gasteiger partial charge on any atom is -0.360 e. The average molecular weight is 262 g/mol. The van der Waals surface area contributed by atoms with E-state index in [0.717, 1.165) is 18.6 Å². The van der Waals surface area contributed by atoms with Crippen molar-refractivity contribution in [3.05, 3.63) is 29.2 Å². The van der Waals surface area contributed by atoms with E-state index in [1.807, 2.05) is 20.8 Å². The third-order valence-corrected chi connectivity index (χ3v) is 3.56. The van der Waals surface area contributed by atoms with Gasteiger partial charge in [-0.15, -0.1) is 0 Å². The summed E-state index contributed by atoms with van der Waals surface area (Å²) < 4.78 is 5.15. The van der Waals surface area contributed by atoms with Crippen LogP contribution in [0.15, 0.2) is 22.2 Å². The van der Waals surface area contributed by atoms with Gasteiger partial charge in [-0.05, 0) is 32.6 Å². The highest BCUT2D eigenvalue weighted by molar-refractivity contribution is 5.92. The predicted octanol–water partition coefficient (Wildman–Crippen LogP) is 3.42. The number of aromatic nitrogens is 1. The van der Waals surface area contributed by atoms with Crippen LogP contribution in [0.25, 0.3) is 0 Å². The molecule has 1 atom stereocenters. The average Bonchev–Trinajstić information content (AvgIpc) is 2.89. The van der Waals surface area contributed by atoms with Crippen molar-refractivity contribution in [2.75, 3.05) is 0 Å². The van der Waals surface area contributed by atoms with E-state index >= 15 is 0 Å². The molecular formula is C15H22N2O2. The van der Waals surface area contributed by atoms with Crippen molar-refractivity contribution >= 4 is 5.91 Å². The Morgan fingerprint density at radius 2 is 2.16 bits per heavy atom. The first-order valence-electron chi connectivity index (χ1n) is 7.04. The SMILES string of the molecule is CC(C)c1cc(C(=O)N[C@H](C)C2=CCCCC2)no1. The van der Waals surface area contributed by atoms with Gasteiger partial charge in [-0.1, -0.05) is 30.7 Å². The normalized spacial score (nSPS) is 17.2. The van der Waals surface area contributed by atoms with Crippen LogP contribution in [0.2, 0.25) is 0 Å². The molecule has 1 heterocycles. The zero-order chi connectivity index (χ0) is 13.8. The monoisotopic (exact) mass is 262 g/mol. The van der Waals surface area contributed by atoms with Gasteiger partial charge in [0.2, 0.25) is 0 Å². The van der Waals surface area contributed by atoms with E-state index in [9.17, 15) is 4.79 Å². The summed E-state index contributed by atoms with van der Waals surface area (Å²) >= 11 is 0. The molecule has 1 N–H and O–H groups in total. The largest absolute Gasteiger partial charge is 0.360 e. The Morgan fingerprint density at radius 1 is 1.37 bits per heavy atom. The van der Waals surface area contributed by atoms with Crippen molar-refractivity contribution in [3.63, 3.8) is 0 Å². The Hall–Kier alpha value is -1.58. The van der Waals surface area contributed by atoms with Crippen LogP contribution >= 0.6 is 0 Å². The van der Waals surface area contributed by atoms with Gasteiger partial charge in [0, 0.05) is 18.0 Å². The van der Waals surface area contributed by atoms with Crippen molar-refractivity contribution in [1.82, 2.24) is 10.5 Å². The minimum absolute atomic E-state index is 0.0759. The van der Waals surface area contributed by atoms with Gasteiger partial charge in [-0.3, -0.25) is 4.79 Å². The molecule has 1 aliphatic rings. The summed E-state index contributed by atoms with van der Waals surface area (Å²) in [6.07, 6.45) is 6.92. The van der Waals surface area contributed by atoms with Gasteiger partial charge in [0.05, 0.1) is 0 Å². The fourth-order valence-electron chi connectivity index (χ4n) is 2.29. The van der Waals surface area contributed by atoms with Gasteiger partial charge in [0.15, 0.2) is 5.69 Å². The Kier molecular flexibility index (Phi) is 4.40. The molecule has 104 valence electrons. The van der Waals surface area contributed by atoms with Crippen LogP contribution in [0.3, 0.4) is 0 Å². The molecule has 1 aliphatic carbocycles. The molecule has 19 heavy (non-hydrogen) atoms. The van der Waals surface area contributed by atoms with Crippen LogP contribution in [0.1, 0.15) is 68.6 Å². The van der Waals surface area contributed by atoms with Crippen molar-refractivity contribution in [1.29, 1.82) is 0 Å². The number of hydrogen-bond acceptors (Lipinski definition) is 3. The second-order valence-corrected chi connectivity index (χ2v) is 5.49. The summed E-state index contributed by atoms with van der Waals surface area (Å²) in [5.74, 6) is 0.830. The number of amides is 1. The van der Waals surface area contributed by atoms with E-state index in [0.29, 0.717) is 5.69 Å². The van der Waals surface area contributed by atoms with Gasteiger partial charge in [0.25, 0.3) is 5.91 Å². The molecule has 0 spiro atoms. The van der Waals surface area contributed by atoms with E-state index in [1.165, 1.54) is 18.4 Å². The molecule has 0 fully saturated rings. The topological polar surface area (TPSA) is 55.1 Å². The zero-order valence-corrected chi connectivity index (χ0v) is 11.9. The third-order valence-electron chi connectivity index (χ3n) is 3.56. The van der Waals surface area contributed by atoms with E-state index in [2.05, 4.69) is 16.5 Å². The van der Waals surface area contributed by atoms with Crippen LogP contribution in [0.5, 0.6) is 0 Å². The summed E-state index contributed by atoms with van der Waals surface area (Å²) in [5, 5.41) is 6.82. The number of nitrogens with zero attached hydrogens (tertiary/aromatic N) is 1. The number of nitrogens with one attached hydrogen (secondary N) is 1. The summed E-state index contributed by atoms with van der Waals surface area (Å²) in [6.45, 7) is 6.05. The zero-order valence-electron chi connectivity index (χ0n) is 11.9. The second kappa shape index (κ2) is 6.04. The first-order valence-corrected chi connectivity index (χ1v) is 7.04. The van der Waals surface area contributed by atoms with Crippen LogP contribution < -0.4 is 5.32 Å². The van der Waals surface area contributed by atoms with Gasteiger partial charge in [0.1, 0.15) is 5.76 Å². The molecule has 1 amide bonds. The summed E-state index contributed by atoms with van der Waals surface area (Å²) in [5.41, 5.74) is 1.69. The minimum atomic E-state index is -0.158. The number of rotatable bonds is 4. The smallest absolute Gasteiger partial charge is 0.273 e. The van der Waals surface area contributed by atoms with Gasteiger partial charge < -0.3 is 9.84 Å². The predicted molar refractivity (Wildman–Crippen MR) is 74.1 cm³/mol. The molecule has 0 aliphatic heterocycles. The highest BCUT2D eigenvalue weighted by atomic mass is 16.5. The Balaban J connectivity index is 1.97. The van der Waals surface area contributed by atoms with Gasteiger partial charge in [-0.2, -0.15) is 0 Å². The lowest BCUT2D eigenvalue weighted by Crippen LogP contribution is -2.34. The quantitative estimate of drug-likeness (QED) is 0.846. The molecule has 1 aromatic heterocycles. The molecule has 0 radical (unpaired) electrons. The van der Waals surface area contributed by atoms with Crippen LogP contribution in [-0.4, -0.2) is 17.1 Å². The van der Waals surface area contributed by atoms with E-state index in [4.69, 9.17) is 4.52 Å². The lowest BCUT2D eigenvalue weighted by molar-refractivity contribution is 0.0935. The number of carbonyl (C=O) groups excluding carboxylic acids is 1. The standard InChI is InChI=1S/C15H22N2O2/c1-10(2)14-9-13(17-19-14)15(18)16-11(3)12-7-5-4-6-8-12/h7,9-11H,4-6,8H2,1-3H3,(H,16,18)/t11-/m1/s1. The van der Waals surface area contributed by atoms with Crippen LogP contribution in [0, 0.1) is 0 Å². The van der Waals surface area contributed by atoms with Crippen molar-refractivity contribution < 1.29 is 9.32 Å². The van der Waals surface area contributed by atoms with Gasteiger partial charge in [-0.25, -0.2) is 0 Å². The Labute approximate surface area is 114 Å². The maximum atomic E-state index is 12.1. The first kappa shape index (κ1) is 13.8. The molecule has 0 bridgehead atoms. The summed E-state index contributed by atoms with van der Waals surface area (Å²) in [6, 6.07) is 1.80. The lowest BCUT2D eigenvalue weighted by Gasteiger charge is -2.20. The van der Waals surface area contributed by atoms with E-state index in [-0.39, 0.29) is 17.9 Å². The first-order chi connectivity index (χ1) is 9.08. The van der Waals surface area contributed by atoms with Crippen molar-refractivity contribution in [3.8, 4) is 0 Å². The third kappa shape index (κ3) is 3.46. The lowest BCUT2D eigenvalue weighted by atomic mass is 9.95. The van der Waals surface area contributed by atoms with Gasteiger partial charge >= 0.3 is 0 Å². The maximum Gasteiger partial charge on any atom is 0.273 e. The summed E-state index contributed by atoms with van der Waals surface area (Å²) in [7, 11) is 0. The number of allylic oxidation sites excluding steroid dienone is 1. The van der Waals surface area contributed by atoms with Crippen molar-refractivity contribution in [2.45, 2.75) is 58.4 Å². The summed E-state index contributed by atoms with van der Waals surface area (Å²) in [4.78, 5) is 12.1. The molecular weight excluding hydrogens is 240 g/mol. The molecule has 2 rings (SSSR count). The molecule has 0 saturated heterocycles. The number of hydrogen-bond donors (Lipinski definition) is 1. The Bertz CT molecular complexity index is 474. The maximum absolute atomic E-state index is 12.1. The fourth-order valence-corrected chi connectivity index (χ4v) is 2.29. The van der Waals surface area contributed by atoms with Crippen molar-refractivity contribution in [2.24, 2.45) is 0 Å².